The molecule has 8 nitrogen and oxygen atoms in total. The molecule has 1 aliphatic carbocycles. The quantitative estimate of drug-likeness (QED) is 0.241. The molecule has 4 fully saturated rings. The molecule has 0 spiro atoms. The van der Waals surface area contributed by atoms with Crippen molar-refractivity contribution in [2.75, 3.05) is 19.8 Å². The molecule has 0 radical (unpaired) electrons. The second-order valence-electron chi connectivity index (χ2n) is 9.80. The Morgan fingerprint density at radius 2 is 1.80 bits per heavy atom. The smallest absolute Gasteiger partial charge is 0.306 e. The summed E-state index contributed by atoms with van der Waals surface area (Å²) in [7, 11) is 0. The summed E-state index contributed by atoms with van der Waals surface area (Å²) in [6.07, 6.45) is 7.07. The highest BCUT2D eigenvalue weighted by Gasteiger charge is 2.61. The highest BCUT2D eigenvalue weighted by atomic mass is 16.7. The van der Waals surface area contributed by atoms with Gasteiger partial charge in [-0.15, -0.1) is 0 Å². The molecule has 1 aromatic carbocycles. The minimum absolute atomic E-state index is 0.0666. The Kier molecular flexibility index (Phi) is 7.92. The maximum atomic E-state index is 12.4. The lowest BCUT2D eigenvalue weighted by atomic mass is 9.85. The number of para-hydroxylation sites is 1. The molecule has 0 aromatic heterocycles. The number of hydrogen-bond acceptors (Lipinski definition) is 8. The lowest BCUT2D eigenvalue weighted by molar-refractivity contribution is -0.313. The van der Waals surface area contributed by atoms with Gasteiger partial charge in [-0.1, -0.05) is 18.2 Å². The number of ether oxygens (including phenoxy) is 6. The standard InChI is InChI=1S/C27H36O8/c28-23-17-20-26(22(33-23)18-27(20,29)35-25-13-5-7-15-32-25)21(34-24-12-4-6-14-31-24)11-8-16-30-19-9-2-1-3-10-19/h1-3,9-11,20,22,24-26,29H,4-8,12-18H2/b21-11+/t20-,22?,24?,25?,26-,27+/m1/s1. The molecule has 4 aliphatic rings. The first kappa shape index (κ1) is 24.6. The third kappa shape index (κ3) is 6.00. The monoisotopic (exact) mass is 488 g/mol. The van der Waals surface area contributed by atoms with Crippen molar-refractivity contribution in [3.8, 4) is 5.75 Å². The van der Waals surface area contributed by atoms with Crippen LogP contribution in [-0.4, -0.2) is 55.4 Å². The zero-order chi connectivity index (χ0) is 24.1. The van der Waals surface area contributed by atoms with E-state index in [4.69, 9.17) is 28.4 Å². The van der Waals surface area contributed by atoms with E-state index in [0.29, 0.717) is 32.0 Å². The largest absolute Gasteiger partial charge is 0.493 e. The van der Waals surface area contributed by atoms with Crippen LogP contribution in [0.1, 0.15) is 57.8 Å². The number of rotatable bonds is 9. The maximum Gasteiger partial charge on any atom is 0.306 e. The molecule has 1 N–H and O–H groups in total. The van der Waals surface area contributed by atoms with Gasteiger partial charge in [-0.3, -0.25) is 4.79 Å². The lowest BCUT2D eigenvalue weighted by Gasteiger charge is -2.38. The Labute approximate surface area is 206 Å². The summed E-state index contributed by atoms with van der Waals surface area (Å²) in [5.41, 5.74) is 0. The van der Waals surface area contributed by atoms with Gasteiger partial charge in [0.1, 0.15) is 17.6 Å². The van der Waals surface area contributed by atoms with E-state index >= 15 is 0 Å². The molecule has 3 saturated heterocycles. The van der Waals surface area contributed by atoms with Crippen molar-refractivity contribution >= 4 is 5.97 Å². The van der Waals surface area contributed by atoms with Crippen LogP contribution in [0, 0.1) is 11.8 Å². The van der Waals surface area contributed by atoms with E-state index in [9.17, 15) is 9.90 Å². The summed E-state index contributed by atoms with van der Waals surface area (Å²) in [6, 6.07) is 9.66. The van der Waals surface area contributed by atoms with Gasteiger partial charge in [-0.25, -0.2) is 0 Å². The Hall–Kier alpha value is -2.13. The van der Waals surface area contributed by atoms with E-state index in [1.165, 1.54) is 0 Å². The third-order valence-corrected chi connectivity index (χ3v) is 7.26. The zero-order valence-electron chi connectivity index (χ0n) is 20.1. The van der Waals surface area contributed by atoms with Crippen molar-refractivity contribution in [3.05, 3.63) is 42.2 Å². The average molecular weight is 489 g/mol. The summed E-state index contributed by atoms with van der Waals surface area (Å²) in [4.78, 5) is 12.4. The van der Waals surface area contributed by atoms with Gasteiger partial charge in [0.25, 0.3) is 0 Å². The van der Waals surface area contributed by atoms with Crippen LogP contribution in [0.5, 0.6) is 5.75 Å². The normalized spacial score (nSPS) is 35.4. The van der Waals surface area contributed by atoms with E-state index in [1.54, 1.807) is 0 Å². The molecule has 1 aromatic rings. The Balaban J connectivity index is 1.33. The molecule has 8 heteroatoms. The van der Waals surface area contributed by atoms with E-state index < -0.39 is 24.1 Å². The predicted octanol–water partition coefficient (Wildman–Crippen LogP) is 4.07. The van der Waals surface area contributed by atoms with Gasteiger partial charge in [0.2, 0.25) is 0 Å². The summed E-state index contributed by atoms with van der Waals surface area (Å²) in [5.74, 6) is -1.14. The zero-order valence-corrected chi connectivity index (χ0v) is 20.1. The van der Waals surface area contributed by atoms with Crippen molar-refractivity contribution in [1.82, 2.24) is 0 Å². The molecule has 3 heterocycles. The van der Waals surface area contributed by atoms with Crippen LogP contribution in [0.15, 0.2) is 42.2 Å². The Bertz CT molecular complexity index is 861. The lowest BCUT2D eigenvalue weighted by Crippen LogP contribution is -2.45. The Morgan fingerprint density at radius 1 is 1.06 bits per heavy atom. The van der Waals surface area contributed by atoms with Crippen molar-refractivity contribution in [2.45, 2.75) is 82.3 Å². The fourth-order valence-corrected chi connectivity index (χ4v) is 5.57. The van der Waals surface area contributed by atoms with E-state index in [0.717, 1.165) is 44.3 Å². The van der Waals surface area contributed by atoms with Crippen LogP contribution in [0.4, 0.5) is 0 Å². The van der Waals surface area contributed by atoms with Crippen LogP contribution in [-0.2, 0) is 28.5 Å². The van der Waals surface area contributed by atoms with E-state index in [1.807, 2.05) is 36.4 Å². The third-order valence-electron chi connectivity index (χ3n) is 7.26. The molecule has 5 rings (SSSR count). The Morgan fingerprint density at radius 3 is 2.51 bits per heavy atom. The summed E-state index contributed by atoms with van der Waals surface area (Å²) in [5, 5.41) is 11.6. The fraction of sp³-hybridized carbons (Fsp3) is 0.667. The van der Waals surface area contributed by atoms with Crippen LogP contribution in [0.2, 0.25) is 0 Å². The summed E-state index contributed by atoms with van der Waals surface area (Å²) in [6.45, 7) is 1.75. The van der Waals surface area contributed by atoms with Crippen LogP contribution >= 0.6 is 0 Å². The van der Waals surface area contributed by atoms with Gasteiger partial charge in [-0.05, 0) is 50.3 Å². The van der Waals surface area contributed by atoms with E-state index in [-0.39, 0.29) is 31.0 Å². The van der Waals surface area contributed by atoms with Gasteiger partial charge in [0.05, 0.1) is 25.6 Å². The van der Waals surface area contributed by atoms with Crippen LogP contribution < -0.4 is 4.74 Å². The van der Waals surface area contributed by atoms with Gasteiger partial charge >= 0.3 is 5.97 Å². The first-order chi connectivity index (χ1) is 17.1. The SMILES string of the molecule is O=C1C[C@@H]2[C@H](/C(=C\CCOc3ccccc3)OC3CCCCO3)C(C[C@]2(O)OC2CCCCO2)O1. The summed E-state index contributed by atoms with van der Waals surface area (Å²) >= 11 is 0. The first-order valence-electron chi connectivity index (χ1n) is 13.0. The van der Waals surface area contributed by atoms with Gasteiger partial charge < -0.3 is 33.5 Å². The minimum atomic E-state index is -1.51. The number of hydrogen-bond donors (Lipinski definition) is 1. The number of carbonyl (C=O) groups is 1. The van der Waals surface area contributed by atoms with Crippen LogP contribution in [0.25, 0.3) is 0 Å². The maximum absolute atomic E-state index is 12.4. The van der Waals surface area contributed by atoms with Gasteiger partial charge in [-0.2, -0.15) is 0 Å². The second kappa shape index (κ2) is 11.3. The van der Waals surface area contributed by atoms with Crippen molar-refractivity contribution in [1.29, 1.82) is 0 Å². The molecule has 35 heavy (non-hydrogen) atoms. The topological polar surface area (TPSA) is 92.7 Å². The molecular weight excluding hydrogens is 452 g/mol. The summed E-state index contributed by atoms with van der Waals surface area (Å²) < 4.78 is 35.6. The van der Waals surface area contributed by atoms with Crippen molar-refractivity contribution in [2.24, 2.45) is 11.8 Å². The second-order valence-corrected chi connectivity index (χ2v) is 9.80. The molecule has 6 atom stereocenters. The van der Waals surface area contributed by atoms with E-state index in [2.05, 4.69) is 0 Å². The highest BCUT2D eigenvalue weighted by molar-refractivity contribution is 5.71. The van der Waals surface area contributed by atoms with Crippen molar-refractivity contribution < 1.29 is 38.3 Å². The molecule has 2 bridgehead atoms. The number of benzene rings is 1. The highest BCUT2D eigenvalue weighted by Crippen LogP contribution is 2.52. The molecular formula is C27H36O8. The predicted molar refractivity (Wildman–Crippen MR) is 125 cm³/mol. The fourth-order valence-electron chi connectivity index (χ4n) is 5.57. The number of aliphatic hydroxyl groups is 1. The number of carbonyl (C=O) groups excluding carboxylic acids is 1. The number of fused-ring (bicyclic) bond motifs is 2. The molecule has 1 saturated carbocycles. The van der Waals surface area contributed by atoms with Crippen LogP contribution in [0.3, 0.4) is 0 Å². The molecule has 192 valence electrons. The average Bonchev–Trinajstić information content (AvgIpc) is 3.05. The van der Waals surface area contributed by atoms with Crippen molar-refractivity contribution in [3.63, 3.8) is 0 Å². The minimum Gasteiger partial charge on any atom is -0.493 e. The van der Waals surface area contributed by atoms with Gasteiger partial charge in [0, 0.05) is 31.8 Å². The number of esters is 1. The molecule has 3 unspecified atom stereocenters. The molecule has 3 aliphatic heterocycles. The first-order valence-corrected chi connectivity index (χ1v) is 13.0. The van der Waals surface area contributed by atoms with Gasteiger partial charge in [0.15, 0.2) is 18.4 Å². The molecule has 0 amide bonds.